The number of halogens is 1. The van der Waals surface area contributed by atoms with Crippen LogP contribution in [0.15, 0.2) is 54.6 Å². The summed E-state index contributed by atoms with van der Waals surface area (Å²) >= 11 is 0. The van der Waals surface area contributed by atoms with Crippen molar-refractivity contribution in [3.05, 3.63) is 54.6 Å². The van der Waals surface area contributed by atoms with Gasteiger partial charge in [0.05, 0.1) is 0 Å². The summed E-state index contributed by atoms with van der Waals surface area (Å²) in [6, 6.07) is 18.2. The molecule has 2 aromatic rings. The number of carbonyl (C=O) groups excluding carboxylic acids is 1. The Morgan fingerprint density at radius 3 is 2.44 bits per heavy atom. The van der Waals surface area contributed by atoms with Crippen LogP contribution < -0.4 is 15.4 Å². The Balaban J connectivity index is 0.00000225. The second-order valence-electron chi connectivity index (χ2n) is 6.20. The Bertz CT molecular complexity index is 655. The van der Waals surface area contributed by atoms with Gasteiger partial charge in [0, 0.05) is 12.6 Å². The third-order valence-electron chi connectivity index (χ3n) is 4.29. The van der Waals surface area contributed by atoms with Gasteiger partial charge in [-0.1, -0.05) is 42.5 Å². The maximum absolute atomic E-state index is 12.2. The van der Waals surface area contributed by atoms with Crippen molar-refractivity contribution in [1.82, 2.24) is 10.6 Å². The molecule has 2 aromatic carbocycles. The minimum Gasteiger partial charge on any atom is -0.481 e. The number of hydrogen-bond donors (Lipinski definition) is 2. The first-order valence-corrected chi connectivity index (χ1v) is 8.55. The second-order valence-corrected chi connectivity index (χ2v) is 6.20. The number of piperidine rings is 1. The van der Waals surface area contributed by atoms with E-state index in [1.165, 1.54) is 5.56 Å². The van der Waals surface area contributed by atoms with Crippen LogP contribution in [0.1, 0.15) is 19.8 Å². The lowest BCUT2D eigenvalue weighted by Gasteiger charge is -2.25. The van der Waals surface area contributed by atoms with Gasteiger partial charge in [-0.15, -0.1) is 12.4 Å². The Labute approximate surface area is 155 Å². The molecule has 1 amide bonds. The number of ether oxygens (including phenoxy) is 1. The number of nitrogens with one attached hydrogen (secondary N) is 2. The van der Waals surface area contributed by atoms with Gasteiger partial charge in [-0.2, -0.15) is 0 Å². The van der Waals surface area contributed by atoms with Gasteiger partial charge >= 0.3 is 0 Å². The monoisotopic (exact) mass is 360 g/mol. The van der Waals surface area contributed by atoms with Crippen LogP contribution in [-0.2, 0) is 4.79 Å². The highest BCUT2D eigenvalue weighted by Gasteiger charge is 2.20. The van der Waals surface area contributed by atoms with Crippen LogP contribution in [-0.4, -0.2) is 31.1 Å². The van der Waals surface area contributed by atoms with Gasteiger partial charge in [0.2, 0.25) is 0 Å². The summed E-state index contributed by atoms with van der Waals surface area (Å²) in [7, 11) is 0. The summed E-state index contributed by atoms with van der Waals surface area (Å²) in [4.78, 5) is 12.2. The van der Waals surface area contributed by atoms with Crippen molar-refractivity contribution >= 4 is 18.3 Å². The first-order valence-electron chi connectivity index (χ1n) is 8.55. The van der Waals surface area contributed by atoms with Crippen LogP contribution in [0.2, 0.25) is 0 Å². The molecule has 1 unspecified atom stereocenters. The predicted octanol–water partition coefficient (Wildman–Crippen LogP) is 3.41. The molecule has 0 bridgehead atoms. The summed E-state index contributed by atoms with van der Waals surface area (Å²) in [6.07, 6.45) is 1.62. The van der Waals surface area contributed by atoms with Crippen molar-refractivity contribution in [2.45, 2.75) is 31.9 Å². The summed E-state index contributed by atoms with van der Waals surface area (Å²) in [5, 5.41) is 6.34. The third-order valence-corrected chi connectivity index (χ3v) is 4.29. The fourth-order valence-electron chi connectivity index (χ4n) is 2.91. The first kappa shape index (κ1) is 19.3. The molecular formula is C20H25ClN2O2. The minimum absolute atomic E-state index is 0. The lowest BCUT2D eigenvalue weighted by molar-refractivity contribution is -0.128. The molecule has 0 saturated carbocycles. The van der Waals surface area contributed by atoms with Crippen LogP contribution in [0.4, 0.5) is 0 Å². The first-order chi connectivity index (χ1) is 11.7. The van der Waals surface area contributed by atoms with Crippen LogP contribution in [0.25, 0.3) is 11.1 Å². The predicted molar refractivity (Wildman–Crippen MR) is 103 cm³/mol. The number of rotatable bonds is 5. The van der Waals surface area contributed by atoms with Crippen molar-refractivity contribution in [3.8, 4) is 16.9 Å². The molecule has 2 atom stereocenters. The zero-order valence-electron chi connectivity index (χ0n) is 14.4. The van der Waals surface area contributed by atoms with Crippen LogP contribution in [0.3, 0.4) is 0 Å². The molecule has 134 valence electrons. The van der Waals surface area contributed by atoms with Crippen molar-refractivity contribution in [2.24, 2.45) is 0 Å². The Morgan fingerprint density at radius 1 is 1.12 bits per heavy atom. The summed E-state index contributed by atoms with van der Waals surface area (Å²) < 4.78 is 5.78. The van der Waals surface area contributed by atoms with Crippen molar-refractivity contribution < 1.29 is 9.53 Å². The maximum atomic E-state index is 12.2. The van der Waals surface area contributed by atoms with E-state index in [1.54, 1.807) is 6.92 Å². The molecule has 0 aromatic heterocycles. The van der Waals surface area contributed by atoms with E-state index in [-0.39, 0.29) is 24.4 Å². The molecule has 0 spiro atoms. The highest BCUT2D eigenvalue weighted by Crippen LogP contribution is 2.22. The molecule has 3 rings (SSSR count). The summed E-state index contributed by atoms with van der Waals surface area (Å²) in [5.74, 6) is 0.648. The van der Waals surface area contributed by atoms with Crippen molar-refractivity contribution in [3.63, 3.8) is 0 Å². The molecule has 25 heavy (non-hydrogen) atoms. The second kappa shape index (κ2) is 9.44. The average molecular weight is 361 g/mol. The summed E-state index contributed by atoms with van der Waals surface area (Å²) in [5.41, 5.74) is 2.30. The van der Waals surface area contributed by atoms with E-state index in [9.17, 15) is 4.79 Å². The van der Waals surface area contributed by atoms with Crippen LogP contribution >= 0.6 is 12.4 Å². The Morgan fingerprint density at radius 2 is 1.80 bits per heavy atom. The molecule has 5 heteroatoms. The van der Waals surface area contributed by atoms with E-state index in [4.69, 9.17) is 4.74 Å². The molecule has 1 saturated heterocycles. The van der Waals surface area contributed by atoms with Crippen LogP contribution in [0.5, 0.6) is 5.75 Å². The molecule has 4 nitrogen and oxygen atoms in total. The third kappa shape index (κ3) is 5.48. The van der Waals surface area contributed by atoms with Gasteiger partial charge in [-0.3, -0.25) is 4.79 Å². The van der Waals surface area contributed by atoms with Gasteiger partial charge in [-0.25, -0.2) is 0 Å². The van der Waals surface area contributed by atoms with E-state index < -0.39 is 6.10 Å². The zero-order chi connectivity index (χ0) is 16.8. The Kier molecular flexibility index (Phi) is 7.29. The van der Waals surface area contributed by atoms with Gasteiger partial charge in [0.1, 0.15) is 5.75 Å². The molecule has 1 aliphatic rings. The van der Waals surface area contributed by atoms with Crippen molar-refractivity contribution in [1.29, 1.82) is 0 Å². The number of carbonyl (C=O) groups is 1. The fourth-order valence-corrected chi connectivity index (χ4v) is 2.91. The molecule has 1 fully saturated rings. The summed E-state index contributed by atoms with van der Waals surface area (Å²) in [6.45, 7) is 3.66. The molecule has 0 aliphatic carbocycles. The normalized spacial score (nSPS) is 17.9. The van der Waals surface area contributed by atoms with E-state index in [1.807, 2.05) is 42.5 Å². The largest absolute Gasteiger partial charge is 0.481 e. The highest BCUT2D eigenvalue weighted by atomic mass is 35.5. The maximum Gasteiger partial charge on any atom is 0.261 e. The topological polar surface area (TPSA) is 50.4 Å². The number of hydrogen-bond acceptors (Lipinski definition) is 3. The lowest BCUT2D eigenvalue weighted by atomic mass is 10.1. The molecule has 1 aliphatic heterocycles. The van der Waals surface area contributed by atoms with Crippen molar-refractivity contribution in [2.75, 3.05) is 13.1 Å². The van der Waals surface area contributed by atoms with Gasteiger partial charge in [0.15, 0.2) is 6.10 Å². The van der Waals surface area contributed by atoms with E-state index in [0.717, 1.165) is 31.5 Å². The number of amides is 1. The Hall–Kier alpha value is -2.04. The highest BCUT2D eigenvalue weighted by molar-refractivity contribution is 5.85. The van der Waals surface area contributed by atoms with Gasteiger partial charge in [0.25, 0.3) is 5.91 Å². The SMILES string of the molecule is CC(Oc1ccc(-c2ccccc2)cc1)C(=O)N[C@H]1CCCNC1.Cl. The average Bonchev–Trinajstić information content (AvgIpc) is 2.64. The molecule has 1 heterocycles. The lowest BCUT2D eigenvalue weighted by Crippen LogP contribution is -2.49. The fraction of sp³-hybridized carbons (Fsp3) is 0.350. The quantitative estimate of drug-likeness (QED) is 0.859. The van der Waals surface area contributed by atoms with Gasteiger partial charge in [-0.05, 0) is 49.6 Å². The standard InChI is InChI=1S/C20H24N2O2.ClH/c1-15(20(23)22-18-8-5-13-21-14-18)24-19-11-9-17(10-12-19)16-6-3-2-4-7-16;/h2-4,6-7,9-12,15,18,21H,5,8,13-14H2,1H3,(H,22,23);1H/t15?,18-;/m0./s1. The van der Waals surface area contributed by atoms with Crippen LogP contribution in [0, 0.1) is 0 Å². The number of benzene rings is 2. The smallest absolute Gasteiger partial charge is 0.261 e. The minimum atomic E-state index is -0.505. The van der Waals surface area contributed by atoms with E-state index >= 15 is 0 Å². The van der Waals surface area contributed by atoms with Gasteiger partial charge < -0.3 is 15.4 Å². The molecular weight excluding hydrogens is 336 g/mol. The molecule has 2 N–H and O–H groups in total. The van der Waals surface area contributed by atoms with E-state index in [2.05, 4.69) is 22.8 Å². The molecule has 0 radical (unpaired) electrons. The van der Waals surface area contributed by atoms with E-state index in [0.29, 0.717) is 5.75 Å². The zero-order valence-corrected chi connectivity index (χ0v) is 15.2.